The summed E-state index contributed by atoms with van der Waals surface area (Å²) in [5.74, 6) is -0.318. The molecule has 1 unspecified atom stereocenters. The molecule has 5 heteroatoms. The fraction of sp³-hybridized carbons (Fsp3) is 0.927. The zero-order chi connectivity index (χ0) is 43.5. The molecular weight excluding hydrogens is 741 g/mol. The second-order valence-corrected chi connectivity index (χ2v) is 18.5. The van der Waals surface area contributed by atoms with Gasteiger partial charge in [-0.3, -0.25) is 9.59 Å². The number of hydrogen-bond acceptors (Lipinski definition) is 5. The summed E-state index contributed by atoms with van der Waals surface area (Å²) in [7, 11) is 0. The first-order valence-electron chi connectivity index (χ1n) is 27.2. The molecule has 0 N–H and O–H groups in total. The van der Waals surface area contributed by atoms with Crippen molar-refractivity contribution < 1.29 is 23.8 Å². The Labute approximate surface area is 375 Å². The highest BCUT2D eigenvalue weighted by Crippen LogP contribution is 2.16. The lowest BCUT2D eigenvalue weighted by Gasteiger charge is -2.18. The van der Waals surface area contributed by atoms with Crippen LogP contribution in [-0.4, -0.2) is 37.9 Å². The number of rotatable bonds is 51. The molecule has 1 atom stereocenters. The van der Waals surface area contributed by atoms with E-state index in [0.717, 1.165) is 38.5 Å². The number of esters is 2. The van der Waals surface area contributed by atoms with E-state index in [1.165, 1.54) is 231 Å². The first-order valence-corrected chi connectivity index (χ1v) is 27.2. The first kappa shape index (κ1) is 58.6. The lowest BCUT2D eigenvalue weighted by Crippen LogP contribution is -2.29. The minimum Gasteiger partial charge on any atom is -0.463 e. The highest BCUT2D eigenvalue weighted by molar-refractivity contribution is 5.69. The summed E-state index contributed by atoms with van der Waals surface area (Å²) in [4.78, 5) is 25.2. The third kappa shape index (κ3) is 49.3. The summed E-state index contributed by atoms with van der Waals surface area (Å²) in [6.45, 7) is 7.77. The summed E-state index contributed by atoms with van der Waals surface area (Å²) >= 11 is 0. The number of hydrogen-bond donors (Lipinski definition) is 0. The molecule has 0 rings (SSSR count). The number of carbonyl (C=O) groups is 2. The minimum atomic E-state index is -0.395. The predicted octanol–water partition coefficient (Wildman–Crippen LogP) is 18.2. The van der Waals surface area contributed by atoms with Crippen LogP contribution in [0.2, 0.25) is 0 Å². The molecule has 0 aromatic heterocycles. The average Bonchev–Trinajstić information content (AvgIpc) is 3.25. The molecule has 60 heavy (non-hydrogen) atoms. The highest BCUT2D eigenvalue weighted by Gasteiger charge is 2.16. The molecule has 0 spiro atoms. The van der Waals surface area contributed by atoms with Crippen molar-refractivity contribution in [1.82, 2.24) is 0 Å². The van der Waals surface area contributed by atoms with Crippen LogP contribution in [0.3, 0.4) is 0 Å². The van der Waals surface area contributed by atoms with Gasteiger partial charge in [0.05, 0.1) is 0 Å². The summed E-state index contributed by atoms with van der Waals surface area (Å²) < 4.78 is 17.5. The molecule has 0 saturated heterocycles. The molecule has 0 aromatic carbocycles. The molecule has 0 fully saturated rings. The second kappa shape index (κ2) is 52.0. The van der Waals surface area contributed by atoms with Crippen molar-refractivity contribution in [2.45, 2.75) is 309 Å². The van der Waals surface area contributed by atoms with Crippen molar-refractivity contribution in [3.8, 4) is 0 Å². The van der Waals surface area contributed by atoms with Crippen molar-refractivity contribution >= 4 is 11.9 Å². The average molecular weight is 847 g/mol. The van der Waals surface area contributed by atoms with E-state index in [2.05, 4.69) is 32.9 Å². The van der Waals surface area contributed by atoms with E-state index in [0.29, 0.717) is 19.4 Å². The topological polar surface area (TPSA) is 61.8 Å². The quantitative estimate of drug-likeness (QED) is 0.0347. The largest absolute Gasteiger partial charge is 0.463 e. The third-order valence-electron chi connectivity index (χ3n) is 12.3. The van der Waals surface area contributed by atoms with Gasteiger partial charge >= 0.3 is 11.9 Å². The maximum Gasteiger partial charge on any atom is 0.305 e. The first-order chi connectivity index (χ1) is 29.6. The van der Waals surface area contributed by atoms with Gasteiger partial charge in [0.2, 0.25) is 0 Å². The van der Waals surface area contributed by atoms with Crippen LogP contribution >= 0.6 is 0 Å². The SMILES string of the molecule is CCCCCCCC/C=C\CCCCCCCCOC(COC(=O)CCCCCCCCCCCCCCC)COC(=O)CCCCCCCCCCCCCCCCC. The van der Waals surface area contributed by atoms with Gasteiger partial charge in [0, 0.05) is 19.4 Å². The van der Waals surface area contributed by atoms with Gasteiger partial charge in [-0.1, -0.05) is 258 Å². The maximum atomic E-state index is 12.6. The van der Waals surface area contributed by atoms with Crippen molar-refractivity contribution in [1.29, 1.82) is 0 Å². The molecule has 0 aliphatic heterocycles. The van der Waals surface area contributed by atoms with E-state index in [1.54, 1.807) is 0 Å². The summed E-state index contributed by atoms with van der Waals surface area (Å²) in [6.07, 6.45) is 59.5. The molecule has 356 valence electrons. The zero-order valence-corrected chi connectivity index (χ0v) is 41.0. The van der Waals surface area contributed by atoms with Crippen LogP contribution in [-0.2, 0) is 23.8 Å². The molecule has 0 bridgehead atoms. The van der Waals surface area contributed by atoms with Gasteiger partial charge in [0.15, 0.2) is 0 Å². The molecule has 0 heterocycles. The fourth-order valence-electron chi connectivity index (χ4n) is 8.19. The normalized spacial score (nSPS) is 12.1. The highest BCUT2D eigenvalue weighted by atomic mass is 16.6. The Hall–Kier alpha value is -1.36. The van der Waals surface area contributed by atoms with Crippen molar-refractivity contribution in [3.63, 3.8) is 0 Å². The van der Waals surface area contributed by atoms with E-state index in [-0.39, 0.29) is 25.2 Å². The molecule has 0 amide bonds. The summed E-state index contributed by atoms with van der Waals surface area (Å²) in [6, 6.07) is 0. The van der Waals surface area contributed by atoms with Gasteiger partial charge in [-0.05, 0) is 44.9 Å². The molecule has 0 saturated carbocycles. The molecule has 0 aliphatic carbocycles. The molecule has 5 nitrogen and oxygen atoms in total. The Morgan fingerprint density at radius 2 is 0.583 bits per heavy atom. The van der Waals surface area contributed by atoms with E-state index in [9.17, 15) is 9.59 Å². The Bertz CT molecular complexity index is 871. The predicted molar refractivity (Wildman–Crippen MR) is 261 cm³/mol. The van der Waals surface area contributed by atoms with E-state index < -0.39 is 6.10 Å². The van der Waals surface area contributed by atoms with Gasteiger partial charge in [0.1, 0.15) is 19.3 Å². The van der Waals surface area contributed by atoms with Crippen LogP contribution < -0.4 is 0 Å². The Morgan fingerprint density at radius 1 is 0.333 bits per heavy atom. The van der Waals surface area contributed by atoms with Crippen molar-refractivity contribution in [3.05, 3.63) is 12.2 Å². The van der Waals surface area contributed by atoms with Crippen LogP contribution in [0.5, 0.6) is 0 Å². The van der Waals surface area contributed by atoms with Crippen LogP contribution in [0.15, 0.2) is 12.2 Å². The molecule has 0 aromatic rings. The van der Waals surface area contributed by atoms with Crippen LogP contribution in [0.25, 0.3) is 0 Å². The number of ether oxygens (including phenoxy) is 3. The van der Waals surface area contributed by atoms with Gasteiger partial charge in [-0.2, -0.15) is 0 Å². The van der Waals surface area contributed by atoms with Gasteiger partial charge in [0.25, 0.3) is 0 Å². The van der Waals surface area contributed by atoms with Crippen LogP contribution in [0.1, 0.15) is 303 Å². The molecule has 0 radical (unpaired) electrons. The molecular formula is C55H106O5. The third-order valence-corrected chi connectivity index (χ3v) is 12.3. The zero-order valence-electron chi connectivity index (χ0n) is 41.0. The number of carbonyl (C=O) groups excluding carboxylic acids is 2. The summed E-state index contributed by atoms with van der Waals surface area (Å²) in [5.41, 5.74) is 0. The van der Waals surface area contributed by atoms with E-state index >= 15 is 0 Å². The van der Waals surface area contributed by atoms with Crippen molar-refractivity contribution in [2.75, 3.05) is 19.8 Å². The van der Waals surface area contributed by atoms with Gasteiger partial charge in [-0.15, -0.1) is 0 Å². The van der Waals surface area contributed by atoms with E-state index in [4.69, 9.17) is 14.2 Å². The number of allylic oxidation sites excluding steroid dienone is 2. The fourth-order valence-corrected chi connectivity index (χ4v) is 8.19. The van der Waals surface area contributed by atoms with Gasteiger partial charge < -0.3 is 14.2 Å². The van der Waals surface area contributed by atoms with Crippen molar-refractivity contribution in [2.24, 2.45) is 0 Å². The lowest BCUT2D eigenvalue weighted by atomic mass is 10.0. The monoisotopic (exact) mass is 847 g/mol. The smallest absolute Gasteiger partial charge is 0.305 e. The number of unbranched alkanes of at least 4 members (excludes halogenated alkanes) is 38. The van der Waals surface area contributed by atoms with E-state index in [1.807, 2.05) is 0 Å². The Balaban J connectivity index is 4.21. The standard InChI is InChI=1S/C55H106O5/c1-4-7-10-13-16-19-22-25-27-29-32-35-38-41-44-47-50-58-53(51-59-54(56)48-45-42-39-36-33-30-24-21-18-15-12-9-6-3)52-60-55(57)49-46-43-40-37-34-31-28-26-23-20-17-14-11-8-5-2/h25,27,53H,4-24,26,28-52H2,1-3H3/b27-25-. The molecule has 0 aliphatic rings. The minimum absolute atomic E-state index is 0.158. The Morgan fingerprint density at radius 3 is 0.883 bits per heavy atom. The van der Waals surface area contributed by atoms with Crippen LogP contribution in [0, 0.1) is 0 Å². The van der Waals surface area contributed by atoms with Crippen LogP contribution in [0.4, 0.5) is 0 Å². The Kier molecular flexibility index (Phi) is 50.8. The summed E-state index contributed by atoms with van der Waals surface area (Å²) in [5, 5.41) is 0. The second-order valence-electron chi connectivity index (χ2n) is 18.5. The maximum absolute atomic E-state index is 12.6. The lowest BCUT2D eigenvalue weighted by molar-refractivity contribution is -0.155. The van der Waals surface area contributed by atoms with Gasteiger partial charge in [-0.25, -0.2) is 0 Å².